The van der Waals surface area contributed by atoms with E-state index in [-0.39, 0.29) is 62.7 Å². The van der Waals surface area contributed by atoms with Crippen LogP contribution in [0.2, 0.25) is 0 Å². The van der Waals surface area contributed by atoms with Crippen LogP contribution in [-0.2, 0) is 46.0 Å². The first-order valence-corrected chi connectivity index (χ1v) is 19.6. The molecule has 0 saturated heterocycles. The van der Waals surface area contributed by atoms with Gasteiger partial charge in [0.25, 0.3) is 0 Å². The Morgan fingerprint density at radius 1 is 0.981 bits per heavy atom. The normalized spacial score (nSPS) is 27.7. The highest BCUT2D eigenvalue weighted by Gasteiger charge is 2.52. The van der Waals surface area contributed by atoms with E-state index in [4.69, 9.17) is 14.2 Å². The molecule has 3 rings (SSSR count). The summed E-state index contributed by atoms with van der Waals surface area (Å²) in [7, 11) is -4.86. The van der Waals surface area contributed by atoms with Gasteiger partial charge in [-0.3, -0.25) is 18.9 Å². The summed E-state index contributed by atoms with van der Waals surface area (Å²) in [4.78, 5) is 62.0. The fourth-order valence-electron chi connectivity index (χ4n) is 6.90. The van der Waals surface area contributed by atoms with Gasteiger partial charge in [0.15, 0.2) is 0 Å². The van der Waals surface area contributed by atoms with Crippen molar-refractivity contribution in [3.63, 3.8) is 0 Å². The standard InChI is InChI=1S/C38H60NO9P.CH4.2B/c1-9-13-22-46-33(41)37(7)21-20-29-16-14-28(15-17-29)18-19-30(36(6,11-3)27-39)25-31(49(43,44)45)38(8,12-4)34(42)48-24-23-47-32(40)35(5,10-2)26-37;;;/h14-17,30-31H,9-13,18-26H2,1-8H3,(H2,43,44,45);1H4;;. The molecule has 6 radical (unpaired) electrons. The maximum Gasteiger partial charge on any atom is 0.329 e. The number of nitriles is 1. The molecule has 0 fully saturated rings. The van der Waals surface area contributed by atoms with E-state index in [1.807, 2.05) is 58.9 Å². The largest absolute Gasteiger partial charge is 0.465 e. The number of hydrogen-bond donors (Lipinski definition) is 2. The highest BCUT2D eigenvalue weighted by Crippen LogP contribution is 2.56. The molecule has 2 aliphatic heterocycles. The summed E-state index contributed by atoms with van der Waals surface area (Å²) in [6.07, 6.45) is 4.82. The van der Waals surface area contributed by atoms with E-state index in [0.29, 0.717) is 45.1 Å². The van der Waals surface area contributed by atoms with Crippen LogP contribution in [0.25, 0.3) is 0 Å². The lowest BCUT2D eigenvalue weighted by Gasteiger charge is -2.40. The predicted octanol–water partition coefficient (Wildman–Crippen LogP) is 7.59. The van der Waals surface area contributed by atoms with Crippen LogP contribution in [0, 0.1) is 38.9 Å². The summed E-state index contributed by atoms with van der Waals surface area (Å²) in [5.74, 6) is -2.10. The molecule has 6 atom stereocenters. The minimum Gasteiger partial charge on any atom is -0.465 e. The molecule has 0 aliphatic carbocycles. The lowest BCUT2D eigenvalue weighted by Crippen LogP contribution is -2.44. The average molecular weight is 744 g/mol. The molecule has 0 spiro atoms. The number of carbonyl (C=O) groups is 3. The van der Waals surface area contributed by atoms with Crippen LogP contribution in [0.1, 0.15) is 132 Å². The fourth-order valence-corrected chi connectivity index (χ4v) is 8.46. The summed E-state index contributed by atoms with van der Waals surface area (Å²) in [6.45, 7) is 14.1. The Morgan fingerprint density at radius 2 is 1.52 bits per heavy atom. The predicted molar refractivity (Wildman–Crippen MR) is 207 cm³/mol. The van der Waals surface area contributed by atoms with Gasteiger partial charge in [-0.15, -0.1) is 0 Å². The third kappa shape index (κ3) is 13.1. The molecule has 1 aromatic carbocycles. The van der Waals surface area contributed by atoms with Crippen LogP contribution >= 0.6 is 7.60 Å². The van der Waals surface area contributed by atoms with E-state index < -0.39 is 52.8 Å². The van der Waals surface area contributed by atoms with Crippen molar-refractivity contribution in [2.75, 3.05) is 19.8 Å². The van der Waals surface area contributed by atoms with Crippen molar-refractivity contribution in [1.82, 2.24) is 0 Å². The summed E-state index contributed by atoms with van der Waals surface area (Å²) >= 11 is 0. The molecular formula is C39H64B2NO9P. The van der Waals surface area contributed by atoms with Crippen LogP contribution in [0.3, 0.4) is 0 Å². The molecule has 0 aromatic heterocycles. The molecule has 0 saturated carbocycles. The maximum absolute atomic E-state index is 13.6. The first-order valence-electron chi connectivity index (χ1n) is 17.9. The second kappa shape index (κ2) is 21.9. The van der Waals surface area contributed by atoms with Crippen molar-refractivity contribution < 1.29 is 42.9 Å². The minimum absolute atomic E-state index is 0. The zero-order chi connectivity index (χ0) is 37.1. The van der Waals surface area contributed by atoms with Gasteiger partial charge in [-0.2, -0.15) is 5.26 Å². The topological polar surface area (TPSA) is 160 Å². The van der Waals surface area contributed by atoms with Crippen molar-refractivity contribution in [2.24, 2.45) is 27.6 Å². The van der Waals surface area contributed by atoms with Crippen molar-refractivity contribution in [3.05, 3.63) is 35.4 Å². The molecule has 1 aromatic rings. The van der Waals surface area contributed by atoms with E-state index in [1.165, 1.54) is 6.92 Å². The monoisotopic (exact) mass is 743 g/mol. The van der Waals surface area contributed by atoms with Gasteiger partial charge >= 0.3 is 25.5 Å². The molecule has 13 heteroatoms. The van der Waals surface area contributed by atoms with Gasteiger partial charge in [-0.25, -0.2) is 0 Å². The number of benzene rings is 1. The molecule has 2 bridgehead atoms. The number of hydrogen-bond acceptors (Lipinski definition) is 8. The molecule has 0 amide bonds. The number of unbranched alkanes of at least 4 members (excludes halogenated alkanes) is 1. The number of carbonyl (C=O) groups excluding carboxylic acids is 3. The minimum atomic E-state index is -4.86. The Bertz CT molecular complexity index is 1370. The molecule has 2 N–H and O–H groups in total. The van der Waals surface area contributed by atoms with E-state index in [0.717, 1.165) is 24.0 Å². The van der Waals surface area contributed by atoms with Crippen LogP contribution in [0.4, 0.5) is 0 Å². The van der Waals surface area contributed by atoms with Crippen molar-refractivity contribution >= 4 is 42.3 Å². The Kier molecular flexibility index (Phi) is 21.7. The number of ether oxygens (including phenoxy) is 3. The smallest absolute Gasteiger partial charge is 0.329 e. The van der Waals surface area contributed by atoms with E-state index in [1.54, 1.807) is 13.8 Å². The van der Waals surface area contributed by atoms with Crippen molar-refractivity contribution in [3.8, 4) is 6.07 Å². The zero-order valence-corrected chi connectivity index (χ0v) is 33.1. The van der Waals surface area contributed by atoms with Crippen LogP contribution in [-0.4, -0.2) is 70.0 Å². The molecular weight excluding hydrogens is 679 g/mol. The van der Waals surface area contributed by atoms with Gasteiger partial charge < -0.3 is 24.0 Å². The SMILES string of the molecule is C.CCCCOC(=O)C1(C)CCc2ccc(cc2)CCC(C(C)(C#N)CC)CC(P(=O)(O)O)C(C)(CC)C(=O)OCCOC(=O)C(C)(CC)C1.[B].[B]. The lowest BCUT2D eigenvalue weighted by molar-refractivity contribution is -0.168. The van der Waals surface area contributed by atoms with Gasteiger partial charge in [0, 0.05) is 16.8 Å². The quantitative estimate of drug-likeness (QED) is 0.0848. The van der Waals surface area contributed by atoms with Gasteiger partial charge in [0.05, 0.1) is 40.0 Å². The second-order valence-electron chi connectivity index (χ2n) is 15.0. The first kappa shape index (κ1) is 51.5. The average Bonchev–Trinajstić information content (AvgIpc) is 3.07. The maximum atomic E-state index is 13.6. The number of esters is 3. The fraction of sp³-hybridized carbons (Fsp3) is 0.744. The number of nitrogens with zero attached hydrogens (tertiary/aromatic N) is 1. The summed E-state index contributed by atoms with van der Waals surface area (Å²) in [6, 6.07) is 10.4. The Labute approximate surface area is 317 Å². The van der Waals surface area contributed by atoms with Gasteiger partial charge in [0.2, 0.25) is 0 Å². The molecule has 2 heterocycles. The van der Waals surface area contributed by atoms with Crippen LogP contribution < -0.4 is 0 Å². The molecule has 6 unspecified atom stereocenters. The Hall–Kier alpha value is -2.60. The van der Waals surface area contributed by atoms with E-state index in [9.17, 15) is 34.0 Å². The Balaban J connectivity index is 0. The van der Waals surface area contributed by atoms with Crippen LogP contribution in [0.15, 0.2) is 24.3 Å². The summed E-state index contributed by atoms with van der Waals surface area (Å²) in [5.41, 5.74) is -3.83. The second-order valence-corrected chi connectivity index (χ2v) is 16.8. The number of aryl methyl sites for hydroxylation is 2. The summed E-state index contributed by atoms with van der Waals surface area (Å²) < 4.78 is 30.0. The summed E-state index contributed by atoms with van der Waals surface area (Å²) in [5, 5.41) is 10.2. The van der Waals surface area contributed by atoms with Gasteiger partial charge in [0.1, 0.15) is 13.2 Å². The lowest BCUT2D eigenvalue weighted by atomic mass is 9.68. The zero-order valence-electron chi connectivity index (χ0n) is 32.2. The third-order valence-corrected chi connectivity index (χ3v) is 12.9. The van der Waals surface area contributed by atoms with Gasteiger partial charge in [-0.1, -0.05) is 65.8 Å². The van der Waals surface area contributed by atoms with Crippen molar-refractivity contribution in [1.29, 1.82) is 5.26 Å². The van der Waals surface area contributed by atoms with E-state index in [2.05, 4.69) is 6.07 Å². The van der Waals surface area contributed by atoms with E-state index >= 15 is 0 Å². The van der Waals surface area contributed by atoms with Gasteiger partial charge in [-0.05, 0) is 109 Å². The molecule has 10 nitrogen and oxygen atoms in total. The number of fused-ring (bicyclic) bond motifs is 18. The third-order valence-electron chi connectivity index (χ3n) is 11.3. The van der Waals surface area contributed by atoms with Crippen molar-refractivity contribution in [2.45, 2.75) is 139 Å². The van der Waals surface area contributed by atoms with Crippen LogP contribution in [0.5, 0.6) is 0 Å². The molecule has 290 valence electrons. The first-order chi connectivity index (χ1) is 22.9. The Morgan fingerprint density at radius 3 is 1.98 bits per heavy atom. The highest BCUT2D eigenvalue weighted by molar-refractivity contribution is 7.52. The highest BCUT2D eigenvalue weighted by atomic mass is 31.2. The molecule has 52 heavy (non-hydrogen) atoms. The number of rotatable bonds is 9. The molecule has 2 aliphatic rings.